The topological polar surface area (TPSA) is 339 Å². The Labute approximate surface area is 566 Å². The van der Waals surface area contributed by atoms with Crippen molar-refractivity contribution in [2.24, 2.45) is 5.73 Å². The lowest BCUT2D eigenvalue weighted by atomic mass is 9.98. The van der Waals surface area contributed by atoms with Crippen LogP contribution < -0.4 is 44.2 Å². The van der Waals surface area contributed by atoms with Gasteiger partial charge in [-0.05, 0) is 129 Å². The number of hydrogen-bond donors (Lipinski definition) is 7. The van der Waals surface area contributed by atoms with Gasteiger partial charge in [0.25, 0.3) is 20.4 Å². The first-order valence-corrected chi connectivity index (χ1v) is 31.8. The van der Waals surface area contributed by atoms with Gasteiger partial charge in [0.15, 0.2) is 23.0 Å². The minimum Gasteiger partial charge on any atom is -0.496 e. The van der Waals surface area contributed by atoms with E-state index in [1.165, 1.54) is 0 Å². The van der Waals surface area contributed by atoms with Gasteiger partial charge >= 0.3 is 0 Å². The molecule has 0 atom stereocenters. The smallest absolute Gasteiger partial charge is 0.298 e. The van der Waals surface area contributed by atoms with Crippen molar-refractivity contribution >= 4 is 64.3 Å². The summed E-state index contributed by atoms with van der Waals surface area (Å²) in [6.07, 6.45) is 3.81. The number of ether oxygens (including phenoxy) is 7. The second kappa shape index (κ2) is 33.0. The lowest BCUT2D eigenvalue weighted by Gasteiger charge is -2.32. The van der Waals surface area contributed by atoms with Crippen LogP contribution in [0.5, 0.6) is 40.2 Å². The number of methoxy groups -OCH3 is 2. The number of piperidine rings is 2. The summed E-state index contributed by atoms with van der Waals surface area (Å²) < 4.78 is 57.3. The summed E-state index contributed by atoms with van der Waals surface area (Å²) in [5, 5.41) is 39.7. The number of hydrogen-bond acceptors (Lipinski definition) is 23. The molecule has 97 heavy (non-hydrogen) atoms. The number of carbonyl (C=O) groups is 2. The highest BCUT2D eigenvalue weighted by Crippen LogP contribution is 2.50. The zero-order valence-electron chi connectivity index (χ0n) is 56.2. The first kappa shape index (κ1) is 71.9. The molecule has 27 heteroatoms. The predicted octanol–water partition coefficient (Wildman–Crippen LogP) is 9.49. The second-order valence-electron chi connectivity index (χ2n) is 22.9. The monoisotopic (exact) mass is 1340 g/mol. The molecule has 2 fully saturated rings. The van der Waals surface area contributed by atoms with Gasteiger partial charge in [-0.15, -0.1) is 0 Å². The Morgan fingerprint density at radius 1 is 0.649 bits per heavy atom. The summed E-state index contributed by atoms with van der Waals surface area (Å²) in [6.45, 7) is 22.7. The van der Waals surface area contributed by atoms with Crippen LogP contribution >= 0.6 is 0 Å². The molecule has 0 bridgehead atoms. The van der Waals surface area contributed by atoms with Crippen molar-refractivity contribution in [2.45, 2.75) is 108 Å². The molecular formula is C70H90BN12O14. The number of amides is 1. The molecule has 1 radical (unpaired) electrons. The fourth-order valence-corrected chi connectivity index (χ4v) is 12.7. The lowest BCUT2D eigenvalue weighted by molar-refractivity contribution is -0.120. The van der Waals surface area contributed by atoms with Crippen LogP contribution in [0.1, 0.15) is 99.3 Å². The number of aromatic amines is 2. The third-order valence-corrected chi connectivity index (χ3v) is 17.0. The quantitative estimate of drug-likeness (QED) is 0.0393. The number of H-pyrrole nitrogens is 2. The number of aryl methyl sites for hydroxylation is 6. The van der Waals surface area contributed by atoms with Gasteiger partial charge in [0, 0.05) is 83.7 Å². The standard InChI is InChI=1S/C33H36N6O6.C26H22N4O6.C7H16N2O.C2H6.2CH4.BH2O/c1-17-27(18(2)45-38-17)24-15-25-23(16-26(24)42-4)28-29(34-19(3)35-32(28)37-25)21-5-6-22(31-30(21)43-13-14-44-31)33(41)36-20-7-9-39(10-8-20)11-12-40;1-12-21(13(2)36-30-12)17-9-18-16(10-20(17)32-4)22-23(27-14(3)28-26(22)29-18)15-5-6-19(35-11-31)25-24(15)33-7-8-34-25;8-7-1-3-9(4-2-7)5-6-10;1-2;;;1-2/h5-6,15-16,20,40H,7-14H2,1-4H3,(H,36,41)(H,34,35,37);5-6,9-11H,7-8H2,1-4H3,(H,27,28,29);7,10H,1-6,8H2;1-2H3;2*1H4;1-2H/i;;;;;;1T. The van der Waals surface area contributed by atoms with Crippen molar-refractivity contribution in [3.05, 3.63) is 88.7 Å². The van der Waals surface area contributed by atoms with Crippen molar-refractivity contribution < 1.29 is 67.0 Å². The molecule has 0 unspecified atom stereocenters. The van der Waals surface area contributed by atoms with E-state index in [-0.39, 0.29) is 53.8 Å². The average molecular weight is 1340 g/mol. The lowest BCUT2D eigenvalue weighted by Crippen LogP contribution is -2.45. The highest BCUT2D eigenvalue weighted by atomic mass is 16.6. The van der Waals surface area contributed by atoms with Gasteiger partial charge in [-0.1, -0.05) is 39.0 Å². The number of likely N-dealkylation sites (tertiary alicyclic amines) is 2. The molecule has 8 N–H and O–H groups in total. The van der Waals surface area contributed by atoms with Crippen LogP contribution in [-0.2, 0) is 4.79 Å². The Balaban J connectivity index is 0.000000206. The predicted molar refractivity (Wildman–Crippen MR) is 374 cm³/mol. The van der Waals surface area contributed by atoms with Gasteiger partial charge in [-0.2, -0.15) is 0 Å². The number of rotatable bonds is 14. The van der Waals surface area contributed by atoms with E-state index in [0.29, 0.717) is 143 Å². The summed E-state index contributed by atoms with van der Waals surface area (Å²) in [5.41, 5.74) is 17.0. The van der Waals surface area contributed by atoms with Crippen molar-refractivity contribution in [1.29, 1.82) is 1.34 Å². The van der Waals surface area contributed by atoms with E-state index in [4.69, 9.17) is 74.4 Å². The number of nitrogens with one attached hydrogen (secondary N) is 3. The normalized spacial score (nSPS) is 14.6. The summed E-state index contributed by atoms with van der Waals surface area (Å²) in [5.74, 6) is 5.74. The van der Waals surface area contributed by atoms with Gasteiger partial charge in [0.1, 0.15) is 72.4 Å². The third-order valence-electron chi connectivity index (χ3n) is 17.0. The van der Waals surface area contributed by atoms with E-state index >= 15 is 0 Å². The number of aliphatic hydroxyl groups is 2. The van der Waals surface area contributed by atoms with Crippen LogP contribution in [0.3, 0.4) is 0 Å². The Bertz CT molecular complexity index is 4350. The van der Waals surface area contributed by atoms with E-state index in [0.717, 1.165) is 125 Å². The molecule has 10 heterocycles. The fraction of sp³-hybridized carbons (Fsp3) is 0.429. The number of fused-ring (bicyclic) bond motifs is 8. The van der Waals surface area contributed by atoms with Crippen LogP contribution in [0, 0.1) is 41.5 Å². The zero-order chi connectivity index (χ0) is 68.3. The van der Waals surface area contributed by atoms with Gasteiger partial charge in [0.05, 0.1) is 77.7 Å². The van der Waals surface area contributed by atoms with Crippen molar-refractivity contribution in [3.8, 4) is 85.0 Å². The van der Waals surface area contributed by atoms with E-state index in [1.807, 2.05) is 91.8 Å². The van der Waals surface area contributed by atoms with E-state index < -0.39 is 0 Å². The van der Waals surface area contributed by atoms with Crippen molar-refractivity contribution in [1.82, 2.24) is 55.3 Å². The fourth-order valence-electron chi connectivity index (χ4n) is 12.7. The summed E-state index contributed by atoms with van der Waals surface area (Å²) in [4.78, 5) is 55.0. The van der Waals surface area contributed by atoms with E-state index in [2.05, 4.69) is 40.4 Å². The first-order chi connectivity index (χ1) is 46.6. The highest BCUT2D eigenvalue weighted by Gasteiger charge is 2.32. The largest absolute Gasteiger partial charge is 0.496 e. The molecular weight excluding hydrogens is 1240 g/mol. The number of carbonyl (C=O) groups excluding carboxylic acids is 2. The van der Waals surface area contributed by atoms with Crippen molar-refractivity contribution in [2.75, 3.05) is 93.1 Å². The third kappa shape index (κ3) is 15.3. The molecule has 26 nitrogen and oxygen atoms in total. The zero-order valence-corrected chi connectivity index (χ0v) is 55.2. The molecule has 517 valence electrons. The number of benzene rings is 4. The van der Waals surface area contributed by atoms with Gasteiger partial charge < -0.3 is 88.3 Å². The molecule has 2 saturated heterocycles. The Morgan fingerprint density at radius 2 is 1.08 bits per heavy atom. The van der Waals surface area contributed by atoms with Crippen LogP contribution in [-0.4, -0.2) is 192 Å². The summed E-state index contributed by atoms with van der Waals surface area (Å²) in [7, 11) is 3.52. The second-order valence-corrected chi connectivity index (χ2v) is 22.9. The molecule has 1 amide bonds. The van der Waals surface area contributed by atoms with Crippen molar-refractivity contribution in [3.63, 3.8) is 0 Å². The number of nitrogens with two attached hydrogens (primary N) is 1. The molecule has 4 aliphatic heterocycles. The van der Waals surface area contributed by atoms with Gasteiger partial charge in [-0.25, -0.2) is 19.9 Å². The Morgan fingerprint density at radius 3 is 1.52 bits per heavy atom. The maximum Gasteiger partial charge on any atom is 0.298 e. The number of aromatic nitrogens is 8. The molecule has 0 saturated carbocycles. The SMILES string of the molecule is C.C.CC.COc1cc2c(cc1-c1c(C)noc1C)[nH]c1nc(C)nc(-c3ccc(C(=O)NC4CCN(CCO)CC4)c4c3OCCO4)c12.COc1cc2c(cc1-c1c(C)noc1C)[nH]c1nc(C)nc(-c3ccc(OC=O)c4c3OCCO4)c12.NC1CCN(CCO)CC1.[3H][B]O. The number of β-amino-alcohol motifs (C(OH)–C–C–N with tert-alkyl or cyclic N) is 2. The molecule has 14 rings (SSSR count). The van der Waals surface area contributed by atoms with Gasteiger partial charge in [-0.3, -0.25) is 9.59 Å². The molecule has 0 aliphatic carbocycles. The summed E-state index contributed by atoms with van der Waals surface area (Å²) >= 11 is 0. The van der Waals surface area contributed by atoms with Crippen LogP contribution in [0.15, 0.2) is 57.6 Å². The van der Waals surface area contributed by atoms with Crippen LogP contribution in [0.4, 0.5) is 0 Å². The average Bonchev–Trinajstić information content (AvgIpc) is 1.54. The minimum absolute atomic E-state index is 0. The summed E-state index contributed by atoms with van der Waals surface area (Å²) in [6, 6.07) is 15.6. The molecule has 4 aliphatic rings. The van der Waals surface area contributed by atoms with E-state index in [1.54, 1.807) is 26.4 Å². The van der Waals surface area contributed by atoms with Gasteiger partial charge in [0.2, 0.25) is 5.75 Å². The van der Waals surface area contributed by atoms with Crippen LogP contribution in [0.25, 0.3) is 88.6 Å². The maximum atomic E-state index is 13.5. The van der Waals surface area contributed by atoms with E-state index in [9.17, 15) is 14.7 Å². The Kier molecular flexibility index (Phi) is 24.5. The molecule has 6 aromatic heterocycles. The maximum absolute atomic E-state index is 13.5. The molecule has 0 spiro atoms. The Hall–Kier alpha value is -9.38. The molecule has 4 aromatic carbocycles. The first-order valence-electron chi connectivity index (χ1n) is 32.3. The molecule has 10 aromatic rings. The minimum atomic E-state index is -0.198. The van der Waals surface area contributed by atoms with Crippen LogP contribution in [0.2, 0.25) is 0 Å². The number of aliphatic hydroxyl groups excluding tert-OH is 2. The highest BCUT2D eigenvalue weighted by molar-refractivity contribution is 6.16. The number of nitrogens with zero attached hydrogens (tertiary/aromatic N) is 8.